The van der Waals surface area contributed by atoms with E-state index in [1.807, 2.05) is 6.92 Å². The molecule has 4 nitrogen and oxygen atoms in total. The minimum Gasteiger partial charge on any atom is -0.336 e. The lowest BCUT2D eigenvalue weighted by Crippen LogP contribution is -2.34. The van der Waals surface area contributed by atoms with Crippen molar-refractivity contribution in [3.05, 3.63) is 29.1 Å². The molecule has 0 saturated heterocycles. The second-order valence-corrected chi connectivity index (χ2v) is 7.80. The molecule has 21 heavy (non-hydrogen) atoms. The molecule has 1 aromatic rings. The Balaban J connectivity index is 2.45. The Kier molecular flexibility index (Phi) is 4.58. The summed E-state index contributed by atoms with van der Waals surface area (Å²) in [5.74, 6) is -1.19. The molecule has 0 atom stereocenters. The fourth-order valence-corrected chi connectivity index (χ4v) is 3.51. The van der Waals surface area contributed by atoms with Gasteiger partial charge in [0.15, 0.2) is 0 Å². The van der Waals surface area contributed by atoms with Crippen molar-refractivity contribution in [2.24, 2.45) is 0 Å². The Labute approximate surface area is 128 Å². The number of halogens is 2. The molecule has 1 aliphatic rings. The Morgan fingerprint density at radius 1 is 1.43 bits per heavy atom. The van der Waals surface area contributed by atoms with Crippen molar-refractivity contribution < 1.29 is 17.6 Å². The number of carbonyl (C=O) groups is 1. The summed E-state index contributed by atoms with van der Waals surface area (Å²) < 4.78 is 37.1. The van der Waals surface area contributed by atoms with Crippen molar-refractivity contribution in [1.82, 2.24) is 4.90 Å². The van der Waals surface area contributed by atoms with Gasteiger partial charge in [-0.2, -0.15) is 0 Å². The lowest BCUT2D eigenvalue weighted by atomic mass is 10.1. The third-order valence-corrected chi connectivity index (χ3v) is 4.93. The third kappa shape index (κ3) is 3.55. The van der Waals surface area contributed by atoms with Crippen LogP contribution in [0.5, 0.6) is 0 Å². The van der Waals surface area contributed by atoms with Crippen molar-refractivity contribution >= 4 is 25.6 Å². The molecule has 0 radical (unpaired) electrons. The van der Waals surface area contributed by atoms with Crippen LogP contribution >= 0.6 is 10.7 Å². The molecule has 0 N–H and O–H groups in total. The lowest BCUT2D eigenvalue weighted by Gasteiger charge is -2.22. The molecule has 1 fully saturated rings. The highest BCUT2D eigenvalue weighted by atomic mass is 35.7. The monoisotopic (exact) mass is 333 g/mol. The number of carbonyl (C=O) groups excluding carboxylic acids is 1. The fourth-order valence-electron chi connectivity index (χ4n) is 2.31. The van der Waals surface area contributed by atoms with Crippen molar-refractivity contribution in [2.75, 3.05) is 6.54 Å². The number of aryl methyl sites for hydroxylation is 1. The summed E-state index contributed by atoms with van der Waals surface area (Å²) in [5.41, 5.74) is -0.0484. The van der Waals surface area contributed by atoms with Crippen molar-refractivity contribution in [3.63, 3.8) is 0 Å². The van der Waals surface area contributed by atoms with Gasteiger partial charge in [0, 0.05) is 23.3 Å². The first-order valence-electron chi connectivity index (χ1n) is 6.81. The van der Waals surface area contributed by atoms with Gasteiger partial charge in [-0.25, -0.2) is 12.8 Å². The van der Waals surface area contributed by atoms with Crippen LogP contribution in [0.1, 0.15) is 42.1 Å². The van der Waals surface area contributed by atoms with Gasteiger partial charge in [-0.3, -0.25) is 4.79 Å². The van der Waals surface area contributed by atoms with Gasteiger partial charge in [0.1, 0.15) is 5.82 Å². The first kappa shape index (κ1) is 16.2. The van der Waals surface area contributed by atoms with Crippen molar-refractivity contribution in [1.29, 1.82) is 0 Å². The quantitative estimate of drug-likeness (QED) is 0.778. The van der Waals surface area contributed by atoms with Crippen LogP contribution in [0.25, 0.3) is 0 Å². The highest BCUT2D eigenvalue weighted by Gasteiger charge is 2.34. The molecule has 1 aliphatic carbocycles. The zero-order valence-electron chi connectivity index (χ0n) is 11.9. The van der Waals surface area contributed by atoms with Crippen LogP contribution < -0.4 is 0 Å². The minimum absolute atomic E-state index is 0.134. The second-order valence-electron chi connectivity index (χ2n) is 5.27. The predicted molar refractivity (Wildman–Crippen MR) is 78.5 cm³/mol. The minimum atomic E-state index is -4.01. The SMILES string of the molecule is CCCN(C(=O)c1cc(S(=O)(=O)Cl)c(C)cc1F)C1CC1. The molecule has 0 bridgehead atoms. The van der Waals surface area contributed by atoms with E-state index < -0.39 is 20.8 Å². The number of nitrogens with zero attached hydrogens (tertiary/aromatic N) is 1. The fraction of sp³-hybridized carbons (Fsp3) is 0.500. The topological polar surface area (TPSA) is 54.5 Å². The average molecular weight is 334 g/mol. The Hall–Kier alpha value is -1.14. The largest absolute Gasteiger partial charge is 0.336 e. The van der Waals surface area contributed by atoms with E-state index in [1.165, 1.54) is 6.92 Å². The average Bonchev–Trinajstić information content (AvgIpc) is 3.17. The maximum absolute atomic E-state index is 14.1. The molecule has 1 saturated carbocycles. The van der Waals surface area contributed by atoms with Gasteiger partial charge in [0.2, 0.25) is 0 Å². The van der Waals surface area contributed by atoms with E-state index in [9.17, 15) is 17.6 Å². The van der Waals surface area contributed by atoms with E-state index in [4.69, 9.17) is 10.7 Å². The van der Waals surface area contributed by atoms with E-state index in [0.717, 1.165) is 31.4 Å². The number of hydrogen-bond donors (Lipinski definition) is 0. The first-order valence-corrected chi connectivity index (χ1v) is 9.12. The zero-order chi connectivity index (χ0) is 15.8. The van der Waals surface area contributed by atoms with Crippen molar-refractivity contribution in [3.8, 4) is 0 Å². The van der Waals surface area contributed by atoms with Crippen LogP contribution in [0, 0.1) is 12.7 Å². The molecule has 2 rings (SSSR count). The van der Waals surface area contributed by atoms with Gasteiger partial charge >= 0.3 is 0 Å². The van der Waals surface area contributed by atoms with E-state index >= 15 is 0 Å². The summed E-state index contributed by atoms with van der Waals surface area (Å²) in [6.45, 7) is 3.90. The standard InChI is InChI=1S/C14H17ClFNO3S/c1-3-6-17(10-4-5-10)14(18)11-8-13(21(15,19)20)9(2)7-12(11)16/h7-8,10H,3-6H2,1-2H3. The molecular weight excluding hydrogens is 317 g/mol. The molecule has 0 heterocycles. The van der Waals surface area contributed by atoms with Crippen LogP contribution in [0.2, 0.25) is 0 Å². The van der Waals surface area contributed by atoms with E-state index in [1.54, 1.807) is 4.90 Å². The number of benzene rings is 1. The van der Waals surface area contributed by atoms with Crippen LogP contribution in [-0.4, -0.2) is 31.8 Å². The Morgan fingerprint density at radius 2 is 2.05 bits per heavy atom. The predicted octanol–water partition coefficient (Wildman–Crippen LogP) is 3.08. The van der Waals surface area contributed by atoms with Crippen LogP contribution in [0.4, 0.5) is 4.39 Å². The summed E-state index contributed by atoms with van der Waals surface area (Å²) in [7, 11) is 1.32. The van der Waals surface area contributed by atoms with Gasteiger partial charge in [-0.15, -0.1) is 0 Å². The molecule has 0 spiro atoms. The number of hydrogen-bond acceptors (Lipinski definition) is 3. The molecule has 0 aromatic heterocycles. The van der Waals surface area contributed by atoms with Crippen LogP contribution in [0.3, 0.4) is 0 Å². The highest BCUT2D eigenvalue weighted by Crippen LogP contribution is 2.30. The molecule has 116 valence electrons. The van der Waals surface area contributed by atoms with Gasteiger partial charge in [0.05, 0.1) is 10.5 Å². The first-order chi connectivity index (χ1) is 9.75. The summed E-state index contributed by atoms with van der Waals surface area (Å²) in [6.07, 6.45) is 2.57. The highest BCUT2D eigenvalue weighted by molar-refractivity contribution is 8.13. The summed E-state index contributed by atoms with van der Waals surface area (Å²) in [4.78, 5) is 13.9. The third-order valence-electron chi connectivity index (χ3n) is 3.47. The summed E-state index contributed by atoms with van der Waals surface area (Å²) in [6, 6.07) is 2.22. The van der Waals surface area contributed by atoms with Crippen LogP contribution in [-0.2, 0) is 9.05 Å². The maximum Gasteiger partial charge on any atom is 0.261 e. The van der Waals surface area contributed by atoms with Gasteiger partial charge in [-0.1, -0.05) is 6.92 Å². The van der Waals surface area contributed by atoms with Crippen LogP contribution in [0.15, 0.2) is 17.0 Å². The zero-order valence-corrected chi connectivity index (χ0v) is 13.5. The summed E-state index contributed by atoms with van der Waals surface area (Å²) in [5, 5.41) is 0. The molecule has 7 heteroatoms. The molecular formula is C14H17ClFNO3S. The smallest absolute Gasteiger partial charge is 0.261 e. The van der Waals surface area contributed by atoms with Gasteiger partial charge in [0.25, 0.3) is 15.0 Å². The molecule has 0 aliphatic heterocycles. The molecule has 1 amide bonds. The lowest BCUT2D eigenvalue weighted by molar-refractivity contribution is 0.0738. The Bertz CT molecular complexity index is 671. The number of amides is 1. The van der Waals surface area contributed by atoms with E-state index in [-0.39, 0.29) is 22.1 Å². The second kappa shape index (κ2) is 5.93. The van der Waals surface area contributed by atoms with Gasteiger partial charge in [-0.05, 0) is 43.9 Å². The Morgan fingerprint density at radius 3 is 2.52 bits per heavy atom. The van der Waals surface area contributed by atoms with Gasteiger partial charge < -0.3 is 4.90 Å². The normalized spacial score (nSPS) is 15.0. The van der Waals surface area contributed by atoms with E-state index in [0.29, 0.717) is 6.54 Å². The number of rotatable bonds is 5. The molecule has 0 unspecified atom stereocenters. The maximum atomic E-state index is 14.1. The van der Waals surface area contributed by atoms with E-state index in [2.05, 4.69) is 0 Å². The summed E-state index contributed by atoms with van der Waals surface area (Å²) >= 11 is 0. The molecule has 1 aromatic carbocycles. The van der Waals surface area contributed by atoms with Crippen molar-refractivity contribution in [2.45, 2.75) is 44.0 Å².